The zero-order chi connectivity index (χ0) is 19.9. The molecule has 146 valence electrons. The molecule has 1 amide bonds. The zero-order valence-electron chi connectivity index (χ0n) is 15.4. The Balaban J connectivity index is 1.84. The van der Waals surface area contributed by atoms with Crippen molar-refractivity contribution in [1.29, 1.82) is 5.26 Å². The van der Waals surface area contributed by atoms with Crippen LogP contribution in [0.5, 0.6) is 0 Å². The number of aromatic nitrogens is 2. The number of carbonyl (C=O) groups is 1. The number of hydrogen-bond donors (Lipinski definition) is 1. The smallest absolute Gasteiger partial charge is 0.267 e. The van der Waals surface area contributed by atoms with Crippen LogP contribution in [0.3, 0.4) is 0 Å². The van der Waals surface area contributed by atoms with E-state index >= 15 is 0 Å². The highest BCUT2D eigenvalue weighted by atomic mass is 79.9. The number of benzene rings is 1. The summed E-state index contributed by atoms with van der Waals surface area (Å²) in [6.07, 6.45) is 7.42. The first-order valence-electron chi connectivity index (χ1n) is 9.26. The largest absolute Gasteiger partial charge is 0.269 e. The van der Waals surface area contributed by atoms with E-state index in [0.29, 0.717) is 34.2 Å². The van der Waals surface area contributed by atoms with Crippen LogP contribution >= 0.6 is 27.5 Å². The molecule has 0 bridgehead atoms. The maximum atomic E-state index is 12.8. The second-order valence-electron chi connectivity index (χ2n) is 6.86. The number of alkyl halides is 1. The molecule has 1 N–H and O–H groups in total. The molecule has 0 unspecified atom stereocenters. The summed E-state index contributed by atoms with van der Waals surface area (Å²) in [5.41, 5.74) is 4.45. The quantitative estimate of drug-likeness (QED) is 0.502. The highest BCUT2D eigenvalue weighted by molar-refractivity contribution is 9.10. The number of hydrogen-bond acceptors (Lipinski definition) is 5. The first kappa shape index (κ1) is 20.6. The van der Waals surface area contributed by atoms with Crippen molar-refractivity contribution in [2.24, 2.45) is 5.92 Å². The van der Waals surface area contributed by atoms with E-state index in [1.54, 1.807) is 17.1 Å². The molecule has 1 aromatic heterocycles. The summed E-state index contributed by atoms with van der Waals surface area (Å²) < 4.78 is 0.625. The number of nitrogens with zero attached hydrogens (tertiary/aromatic N) is 4. The van der Waals surface area contributed by atoms with Crippen LogP contribution in [0.4, 0.5) is 5.82 Å². The van der Waals surface area contributed by atoms with Crippen molar-refractivity contribution in [3.63, 3.8) is 0 Å². The molecule has 0 atom stereocenters. The van der Waals surface area contributed by atoms with Gasteiger partial charge in [-0.2, -0.15) is 10.2 Å². The Labute approximate surface area is 178 Å². The van der Waals surface area contributed by atoms with Gasteiger partial charge in [-0.05, 0) is 52.4 Å². The molecule has 0 aliphatic heterocycles. The van der Waals surface area contributed by atoms with Crippen molar-refractivity contribution >= 4 is 39.3 Å². The first-order valence-corrected chi connectivity index (χ1v) is 10.6. The highest BCUT2D eigenvalue weighted by Crippen LogP contribution is 2.28. The van der Waals surface area contributed by atoms with Gasteiger partial charge in [0.1, 0.15) is 6.07 Å². The van der Waals surface area contributed by atoms with Gasteiger partial charge in [0.25, 0.3) is 5.91 Å². The van der Waals surface area contributed by atoms with Crippen molar-refractivity contribution in [3.8, 4) is 6.07 Å². The molecule has 3 rings (SSSR count). The molecule has 0 spiro atoms. The molecule has 8 heteroatoms. The topological polar surface area (TPSA) is 81.9 Å². The first-order chi connectivity index (χ1) is 13.6. The third kappa shape index (κ3) is 5.21. The number of carbonyl (C=O) groups excluding carboxylic acids is 1. The van der Waals surface area contributed by atoms with Gasteiger partial charge in [-0.25, -0.2) is 4.98 Å². The van der Waals surface area contributed by atoms with Crippen molar-refractivity contribution in [3.05, 3.63) is 51.9 Å². The lowest BCUT2D eigenvalue weighted by molar-refractivity contribution is 0.0945. The van der Waals surface area contributed by atoms with Gasteiger partial charge in [-0.3, -0.25) is 15.2 Å². The van der Waals surface area contributed by atoms with Crippen LogP contribution in [-0.2, 0) is 5.88 Å². The van der Waals surface area contributed by atoms with Gasteiger partial charge in [0.05, 0.1) is 4.47 Å². The number of amides is 1. The fraction of sp³-hybridized carbons (Fsp3) is 0.400. The predicted molar refractivity (Wildman–Crippen MR) is 112 cm³/mol. The molecule has 0 saturated heterocycles. The van der Waals surface area contributed by atoms with Gasteiger partial charge in [-0.1, -0.05) is 31.4 Å². The number of hydrazine groups is 1. The lowest BCUT2D eigenvalue weighted by Crippen LogP contribution is -2.46. The summed E-state index contributed by atoms with van der Waals surface area (Å²) in [4.78, 5) is 21.1. The Bertz CT molecular complexity index is 862. The molecular weight excluding hydrogens is 442 g/mol. The number of anilines is 1. The third-order valence-corrected chi connectivity index (χ3v) is 5.72. The third-order valence-electron chi connectivity index (χ3n) is 4.85. The highest BCUT2D eigenvalue weighted by Gasteiger charge is 2.22. The Kier molecular flexibility index (Phi) is 7.24. The van der Waals surface area contributed by atoms with Crippen molar-refractivity contribution in [1.82, 2.24) is 15.4 Å². The van der Waals surface area contributed by atoms with Gasteiger partial charge in [0.15, 0.2) is 5.82 Å². The summed E-state index contributed by atoms with van der Waals surface area (Å²) in [7, 11) is 0. The lowest BCUT2D eigenvalue weighted by atomic mass is 9.89. The monoisotopic (exact) mass is 461 g/mol. The fourth-order valence-electron chi connectivity index (χ4n) is 3.35. The molecule has 2 aromatic rings. The number of nitrogens with one attached hydrogen (secondary N) is 1. The van der Waals surface area contributed by atoms with E-state index in [1.165, 1.54) is 25.5 Å². The van der Waals surface area contributed by atoms with Crippen LogP contribution in [0.25, 0.3) is 0 Å². The van der Waals surface area contributed by atoms with Crippen LogP contribution in [0, 0.1) is 17.2 Å². The van der Waals surface area contributed by atoms with E-state index in [4.69, 9.17) is 16.9 Å². The Hall–Kier alpha value is -2.17. The predicted octanol–water partition coefficient (Wildman–Crippen LogP) is 4.58. The van der Waals surface area contributed by atoms with Crippen molar-refractivity contribution in [2.45, 2.75) is 38.0 Å². The average Bonchev–Trinajstić information content (AvgIpc) is 2.74. The van der Waals surface area contributed by atoms with Crippen LogP contribution in [0.1, 0.15) is 53.8 Å². The molecule has 1 aliphatic carbocycles. The summed E-state index contributed by atoms with van der Waals surface area (Å²) in [6.45, 7) is 0.631. The lowest BCUT2D eigenvalue weighted by Gasteiger charge is -2.31. The van der Waals surface area contributed by atoms with Crippen molar-refractivity contribution < 1.29 is 4.79 Å². The molecule has 1 saturated carbocycles. The summed E-state index contributed by atoms with van der Waals surface area (Å²) in [5, 5.41) is 10.9. The second-order valence-corrected chi connectivity index (χ2v) is 7.98. The van der Waals surface area contributed by atoms with Crippen LogP contribution in [0.15, 0.2) is 34.9 Å². The summed E-state index contributed by atoms with van der Waals surface area (Å²) in [5.74, 6) is 1.18. The van der Waals surface area contributed by atoms with Crippen molar-refractivity contribution in [2.75, 3.05) is 11.6 Å². The van der Waals surface area contributed by atoms with Gasteiger partial charge < -0.3 is 0 Å². The van der Waals surface area contributed by atoms with Crippen LogP contribution < -0.4 is 10.4 Å². The molecule has 28 heavy (non-hydrogen) atoms. The minimum atomic E-state index is -0.235. The maximum Gasteiger partial charge on any atom is 0.269 e. The Morgan fingerprint density at radius 3 is 2.64 bits per heavy atom. The van der Waals surface area contributed by atoms with E-state index in [-0.39, 0.29) is 11.7 Å². The average molecular weight is 463 g/mol. The summed E-state index contributed by atoms with van der Waals surface area (Å²) >= 11 is 9.27. The van der Waals surface area contributed by atoms with E-state index in [0.717, 1.165) is 18.4 Å². The van der Waals surface area contributed by atoms with Gasteiger partial charge in [0, 0.05) is 24.2 Å². The SMILES string of the molecule is N#Cc1ncc(Br)c(N(CC2CCCCC2)NC(=O)c2ccc(CCl)cc2)n1. The molecule has 1 heterocycles. The van der Waals surface area contributed by atoms with Gasteiger partial charge >= 0.3 is 0 Å². The molecule has 0 radical (unpaired) electrons. The molecule has 1 aliphatic rings. The van der Waals surface area contributed by atoms with E-state index < -0.39 is 0 Å². The van der Waals surface area contributed by atoms with E-state index in [9.17, 15) is 4.79 Å². The molecule has 1 fully saturated rings. The zero-order valence-corrected chi connectivity index (χ0v) is 17.7. The normalized spacial score (nSPS) is 14.3. The second kappa shape index (κ2) is 9.85. The summed E-state index contributed by atoms with van der Waals surface area (Å²) in [6, 6.07) is 9.13. The minimum absolute atomic E-state index is 0.0626. The number of halogens is 2. The molecule has 1 aromatic carbocycles. The standard InChI is InChI=1S/C20H21BrClN5O/c21-17-12-24-18(11-23)25-19(17)27(13-15-4-2-1-3-5-15)26-20(28)16-8-6-14(10-22)7-9-16/h6-9,12,15H,1-5,10,13H2,(H,26,28). The minimum Gasteiger partial charge on any atom is -0.267 e. The number of nitriles is 1. The fourth-order valence-corrected chi connectivity index (χ4v) is 3.93. The van der Waals surface area contributed by atoms with Crippen LogP contribution in [0.2, 0.25) is 0 Å². The van der Waals surface area contributed by atoms with Gasteiger partial charge in [0.2, 0.25) is 5.82 Å². The Morgan fingerprint density at radius 2 is 2.00 bits per heavy atom. The maximum absolute atomic E-state index is 12.8. The van der Waals surface area contributed by atoms with E-state index in [1.807, 2.05) is 18.2 Å². The van der Waals surface area contributed by atoms with Gasteiger partial charge in [-0.15, -0.1) is 11.6 Å². The number of rotatable bonds is 6. The van der Waals surface area contributed by atoms with Crippen LogP contribution in [-0.4, -0.2) is 22.4 Å². The Morgan fingerprint density at radius 1 is 1.29 bits per heavy atom. The molecule has 6 nitrogen and oxygen atoms in total. The molecular formula is C20H21BrClN5O. The van der Waals surface area contributed by atoms with E-state index in [2.05, 4.69) is 31.3 Å².